The molecule has 0 amide bonds. The molecule has 204 valence electrons. The van der Waals surface area contributed by atoms with E-state index in [2.05, 4.69) is 4.98 Å². The number of aromatic nitrogens is 2. The van der Waals surface area contributed by atoms with E-state index in [1.807, 2.05) is 0 Å². The van der Waals surface area contributed by atoms with Gasteiger partial charge < -0.3 is 25.1 Å². The summed E-state index contributed by atoms with van der Waals surface area (Å²) >= 11 is 0. The van der Waals surface area contributed by atoms with Crippen molar-refractivity contribution in [2.24, 2.45) is 0 Å². The highest BCUT2D eigenvalue weighted by Gasteiger charge is 2.60. The van der Waals surface area contributed by atoms with E-state index in [0.717, 1.165) is 51.0 Å². The molecule has 0 radical (unpaired) electrons. The number of alkyl halides is 2. The Hall–Kier alpha value is -2.40. The standard InChI is InChI=1S/C25H39F2N3O6/c26-25(27)22(33)19(36-23(25)30-16-15-20(28)29-24(30)34)18-35-21(32)14-12-10-8-6-4-2-1-3-5-7-9-11-13-17-31/h15-17,19,22-23,33H,1-14,18H2,(H2,28,29,34)/t19-,22?,23-/m1/s1. The van der Waals surface area contributed by atoms with Crippen molar-refractivity contribution in [3.8, 4) is 0 Å². The van der Waals surface area contributed by atoms with Crippen LogP contribution in [0.5, 0.6) is 0 Å². The summed E-state index contributed by atoms with van der Waals surface area (Å²) in [5, 5.41) is 9.98. The summed E-state index contributed by atoms with van der Waals surface area (Å²) in [6, 6.07) is 1.17. The van der Waals surface area contributed by atoms with Gasteiger partial charge in [0.15, 0.2) is 6.10 Å². The smallest absolute Gasteiger partial charge is 0.351 e. The number of ether oxygens (including phenoxy) is 2. The van der Waals surface area contributed by atoms with E-state index in [4.69, 9.17) is 15.2 Å². The van der Waals surface area contributed by atoms with Gasteiger partial charge in [-0.1, -0.05) is 64.2 Å². The molecule has 0 aliphatic carbocycles. The van der Waals surface area contributed by atoms with Gasteiger partial charge in [-0.25, -0.2) is 4.79 Å². The summed E-state index contributed by atoms with van der Waals surface area (Å²) < 4.78 is 39.7. The average molecular weight is 516 g/mol. The molecular formula is C25H39F2N3O6. The van der Waals surface area contributed by atoms with Crippen molar-refractivity contribution >= 4 is 18.1 Å². The van der Waals surface area contributed by atoms with Gasteiger partial charge in [0.2, 0.25) is 6.23 Å². The lowest BCUT2D eigenvalue weighted by Crippen LogP contribution is -2.42. The predicted molar refractivity (Wildman–Crippen MR) is 129 cm³/mol. The Morgan fingerprint density at radius 1 is 1.08 bits per heavy atom. The van der Waals surface area contributed by atoms with Gasteiger partial charge in [0, 0.05) is 19.0 Å². The second-order valence-corrected chi connectivity index (χ2v) is 9.32. The van der Waals surface area contributed by atoms with Crippen molar-refractivity contribution in [2.45, 2.75) is 114 Å². The molecule has 1 aliphatic rings. The van der Waals surface area contributed by atoms with Crippen LogP contribution in [0.3, 0.4) is 0 Å². The molecule has 0 bridgehead atoms. The van der Waals surface area contributed by atoms with E-state index >= 15 is 0 Å². The van der Waals surface area contributed by atoms with Crippen LogP contribution in [0.25, 0.3) is 0 Å². The van der Waals surface area contributed by atoms with Gasteiger partial charge in [-0.3, -0.25) is 9.36 Å². The number of halogens is 2. The fourth-order valence-corrected chi connectivity index (χ4v) is 4.22. The first kappa shape index (κ1) is 29.8. The third kappa shape index (κ3) is 9.57. The van der Waals surface area contributed by atoms with E-state index in [9.17, 15) is 28.3 Å². The second kappa shape index (κ2) is 15.7. The number of rotatable bonds is 18. The molecule has 0 saturated carbocycles. The Balaban J connectivity index is 1.55. The average Bonchev–Trinajstić information content (AvgIpc) is 3.06. The molecule has 1 fully saturated rings. The van der Waals surface area contributed by atoms with Crippen LogP contribution < -0.4 is 11.4 Å². The fourth-order valence-electron chi connectivity index (χ4n) is 4.22. The molecule has 36 heavy (non-hydrogen) atoms. The van der Waals surface area contributed by atoms with Gasteiger partial charge in [-0.2, -0.15) is 13.8 Å². The summed E-state index contributed by atoms with van der Waals surface area (Å²) in [5.41, 5.74) is 4.34. The lowest BCUT2D eigenvalue weighted by atomic mass is 10.0. The van der Waals surface area contributed by atoms with Crippen molar-refractivity contribution in [3.05, 3.63) is 22.7 Å². The number of aliphatic hydroxyl groups excluding tert-OH is 1. The van der Waals surface area contributed by atoms with Gasteiger partial charge in [0.25, 0.3) is 0 Å². The van der Waals surface area contributed by atoms with Crippen molar-refractivity contribution in [1.29, 1.82) is 0 Å². The number of hydrogen-bond donors (Lipinski definition) is 2. The van der Waals surface area contributed by atoms with Crippen molar-refractivity contribution in [1.82, 2.24) is 9.55 Å². The third-order valence-corrected chi connectivity index (χ3v) is 6.35. The van der Waals surface area contributed by atoms with Gasteiger partial charge in [0.05, 0.1) is 0 Å². The largest absolute Gasteiger partial charge is 0.463 e. The summed E-state index contributed by atoms with van der Waals surface area (Å²) in [6.45, 7) is -0.541. The maximum atomic E-state index is 14.5. The zero-order valence-corrected chi connectivity index (χ0v) is 20.8. The predicted octanol–water partition coefficient (Wildman–Crippen LogP) is 3.92. The summed E-state index contributed by atoms with van der Waals surface area (Å²) in [7, 11) is 0. The minimum Gasteiger partial charge on any atom is -0.463 e. The number of aliphatic hydroxyl groups is 1. The van der Waals surface area contributed by atoms with Crippen LogP contribution in [0.1, 0.15) is 96.1 Å². The number of esters is 1. The van der Waals surface area contributed by atoms with E-state index in [0.29, 0.717) is 17.4 Å². The number of unbranched alkanes of at least 4 members (excludes halogenated alkanes) is 12. The first-order valence-electron chi connectivity index (χ1n) is 12.9. The molecule has 1 aliphatic heterocycles. The Bertz CT molecular complexity index is 866. The number of hydrogen-bond acceptors (Lipinski definition) is 8. The second-order valence-electron chi connectivity index (χ2n) is 9.32. The van der Waals surface area contributed by atoms with Crippen LogP contribution in [0, 0.1) is 0 Å². The normalized spacial score (nSPS) is 20.9. The van der Waals surface area contributed by atoms with Crippen LogP contribution in [0.15, 0.2) is 17.1 Å². The highest BCUT2D eigenvalue weighted by molar-refractivity contribution is 5.69. The first-order chi connectivity index (χ1) is 17.3. The SMILES string of the molecule is Nc1ccn([C@@H]2O[C@H](COC(=O)CCCCCCCCCCCCCCC=O)C(O)C2(F)F)c(=O)n1. The molecule has 1 saturated heterocycles. The highest BCUT2D eigenvalue weighted by atomic mass is 19.3. The van der Waals surface area contributed by atoms with E-state index in [-0.39, 0.29) is 12.2 Å². The summed E-state index contributed by atoms with van der Waals surface area (Å²) in [6.07, 6.45) is 10.0. The van der Waals surface area contributed by atoms with E-state index in [1.54, 1.807) is 0 Å². The lowest BCUT2D eigenvalue weighted by Gasteiger charge is -2.20. The summed E-state index contributed by atoms with van der Waals surface area (Å²) in [5.74, 6) is -4.45. The molecular weight excluding hydrogens is 476 g/mol. The lowest BCUT2D eigenvalue weighted by molar-refractivity contribution is -0.150. The number of carbonyl (C=O) groups is 2. The van der Waals surface area contributed by atoms with Crippen LogP contribution >= 0.6 is 0 Å². The van der Waals surface area contributed by atoms with Crippen LogP contribution in [-0.2, 0) is 19.1 Å². The molecule has 1 aromatic rings. The number of carbonyl (C=O) groups excluding carboxylic acids is 2. The van der Waals surface area contributed by atoms with Gasteiger partial charge in [-0.05, 0) is 18.9 Å². The monoisotopic (exact) mass is 515 g/mol. The quantitative estimate of drug-likeness (QED) is 0.171. The maximum Gasteiger partial charge on any atom is 0.351 e. The Kier molecular flexibility index (Phi) is 13.0. The zero-order chi connectivity index (χ0) is 26.4. The third-order valence-electron chi connectivity index (χ3n) is 6.35. The molecule has 2 heterocycles. The molecule has 11 heteroatoms. The molecule has 2 rings (SSSR count). The molecule has 3 N–H and O–H groups in total. The van der Waals surface area contributed by atoms with Gasteiger partial charge in [0.1, 0.15) is 24.8 Å². The van der Waals surface area contributed by atoms with Crippen molar-refractivity contribution in [2.75, 3.05) is 12.3 Å². The number of nitrogens with zero attached hydrogens (tertiary/aromatic N) is 2. The molecule has 0 aromatic carbocycles. The van der Waals surface area contributed by atoms with Crippen LogP contribution in [0.2, 0.25) is 0 Å². The maximum absolute atomic E-state index is 14.5. The zero-order valence-electron chi connectivity index (χ0n) is 20.8. The molecule has 1 aromatic heterocycles. The minimum absolute atomic E-state index is 0.127. The van der Waals surface area contributed by atoms with Crippen LogP contribution in [0.4, 0.5) is 14.6 Å². The van der Waals surface area contributed by atoms with E-state index in [1.165, 1.54) is 38.2 Å². The highest BCUT2D eigenvalue weighted by Crippen LogP contribution is 2.42. The number of anilines is 1. The van der Waals surface area contributed by atoms with Crippen molar-refractivity contribution < 1.29 is 33.0 Å². The Morgan fingerprint density at radius 3 is 2.19 bits per heavy atom. The Morgan fingerprint density at radius 2 is 1.64 bits per heavy atom. The van der Waals surface area contributed by atoms with Gasteiger partial charge in [-0.15, -0.1) is 0 Å². The molecule has 9 nitrogen and oxygen atoms in total. The Labute approximate surface area is 210 Å². The van der Waals surface area contributed by atoms with E-state index < -0.39 is 42.6 Å². The molecule has 3 atom stereocenters. The molecule has 1 unspecified atom stereocenters. The van der Waals surface area contributed by atoms with Crippen LogP contribution in [-0.4, -0.2) is 51.7 Å². The number of aldehydes is 1. The topological polar surface area (TPSA) is 134 Å². The van der Waals surface area contributed by atoms with Crippen molar-refractivity contribution in [3.63, 3.8) is 0 Å². The molecule has 0 spiro atoms. The minimum atomic E-state index is -3.78. The summed E-state index contributed by atoms with van der Waals surface area (Å²) in [4.78, 5) is 37.5. The number of nitrogen functional groups attached to an aromatic ring is 1. The van der Waals surface area contributed by atoms with Gasteiger partial charge >= 0.3 is 17.6 Å². The number of nitrogens with two attached hydrogens (primary N) is 1. The first-order valence-corrected chi connectivity index (χ1v) is 12.9. The fraction of sp³-hybridized carbons (Fsp3) is 0.760.